The normalized spacial score (nSPS) is 11.6. The maximum Gasteiger partial charge on any atom is 0.328 e. The number of pyridine rings is 1. The zero-order chi connectivity index (χ0) is 15.2. The molecule has 0 aromatic carbocycles. The average molecular weight is 278 g/mol. The first-order valence-electron chi connectivity index (χ1n) is 6.04. The van der Waals surface area contributed by atoms with E-state index >= 15 is 0 Å². The monoisotopic (exact) mass is 278 g/mol. The molecule has 0 radical (unpaired) electrons. The molecule has 1 aromatic rings. The largest absolute Gasteiger partial charge is 0.478 e. The van der Waals surface area contributed by atoms with Crippen molar-refractivity contribution in [3.05, 3.63) is 30.0 Å². The van der Waals surface area contributed by atoms with Crippen molar-refractivity contribution in [2.75, 3.05) is 12.4 Å². The minimum Gasteiger partial charge on any atom is -0.478 e. The zero-order valence-electron chi connectivity index (χ0n) is 11.7. The minimum atomic E-state index is -1.03. The van der Waals surface area contributed by atoms with Crippen LogP contribution in [0, 0.1) is 0 Å². The van der Waals surface area contributed by atoms with E-state index in [9.17, 15) is 9.59 Å². The number of carboxylic acid groups (broad SMARTS) is 1. The van der Waals surface area contributed by atoms with Gasteiger partial charge < -0.3 is 15.2 Å². The number of hydrogen-bond donors (Lipinski definition) is 2. The first-order chi connectivity index (χ1) is 9.32. The van der Waals surface area contributed by atoms with Crippen molar-refractivity contribution in [1.82, 2.24) is 4.98 Å². The highest BCUT2D eigenvalue weighted by molar-refractivity contribution is 5.91. The van der Waals surface area contributed by atoms with E-state index in [4.69, 9.17) is 9.84 Å². The Kier molecular flexibility index (Phi) is 5.40. The number of carboxylic acids is 1. The van der Waals surface area contributed by atoms with Crippen molar-refractivity contribution in [2.24, 2.45) is 0 Å². The van der Waals surface area contributed by atoms with Gasteiger partial charge in [-0.25, -0.2) is 9.78 Å². The fourth-order valence-corrected chi connectivity index (χ4v) is 1.43. The number of ether oxygens (including phenoxy) is 1. The molecule has 1 amide bonds. The van der Waals surface area contributed by atoms with Gasteiger partial charge in [0.15, 0.2) is 0 Å². The van der Waals surface area contributed by atoms with E-state index < -0.39 is 11.6 Å². The molecule has 2 N–H and O–H groups in total. The molecule has 0 saturated heterocycles. The van der Waals surface area contributed by atoms with Gasteiger partial charge in [0.2, 0.25) is 5.91 Å². The molecule has 6 heteroatoms. The first kappa shape index (κ1) is 15.8. The SMILES string of the molecule is COC(C)(C)CC(=O)Nc1cc(/C=C/C(=O)O)ccn1. The summed E-state index contributed by atoms with van der Waals surface area (Å²) in [6.07, 6.45) is 4.15. The Bertz CT molecular complexity index is 524. The number of aliphatic carboxylic acids is 1. The summed E-state index contributed by atoms with van der Waals surface area (Å²) in [5.74, 6) is -0.882. The standard InChI is InChI=1S/C14H18N2O4/c1-14(2,20-3)9-12(17)16-11-8-10(6-7-15-11)4-5-13(18)19/h4-8H,9H2,1-3H3,(H,18,19)(H,15,16,17)/b5-4+. The number of hydrogen-bond acceptors (Lipinski definition) is 4. The third-order valence-electron chi connectivity index (χ3n) is 2.61. The van der Waals surface area contributed by atoms with E-state index in [0.717, 1.165) is 6.08 Å². The molecule has 6 nitrogen and oxygen atoms in total. The summed E-state index contributed by atoms with van der Waals surface area (Å²) >= 11 is 0. The zero-order valence-corrected chi connectivity index (χ0v) is 11.7. The molecule has 0 fully saturated rings. The average Bonchev–Trinajstić information content (AvgIpc) is 2.36. The lowest BCUT2D eigenvalue weighted by Gasteiger charge is -2.21. The van der Waals surface area contributed by atoms with Gasteiger partial charge >= 0.3 is 5.97 Å². The molecule has 1 aromatic heterocycles. The molecule has 0 aliphatic heterocycles. The van der Waals surface area contributed by atoms with Crippen LogP contribution in [0.15, 0.2) is 24.4 Å². The maximum atomic E-state index is 11.8. The van der Waals surface area contributed by atoms with Crippen LogP contribution >= 0.6 is 0 Å². The van der Waals surface area contributed by atoms with Crippen LogP contribution < -0.4 is 5.32 Å². The number of rotatable bonds is 6. The number of methoxy groups -OCH3 is 1. The van der Waals surface area contributed by atoms with Crippen LogP contribution in [-0.4, -0.2) is 34.7 Å². The molecule has 0 unspecified atom stereocenters. The highest BCUT2D eigenvalue weighted by Crippen LogP contribution is 2.15. The fraction of sp³-hybridized carbons (Fsp3) is 0.357. The van der Waals surface area contributed by atoms with Crippen molar-refractivity contribution in [2.45, 2.75) is 25.9 Å². The quantitative estimate of drug-likeness (QED) is 0.776. The molecule has 0 aliphatic rings. The summed E-state index contributed by atoms with van der Waals surface area (Å²) in [5, 5.41) is 11.2. The van der Waals surface area contributed by atoms with Crippen LogP contribution in [0.25, 0.3) is 6.08 Å². The van der Waals surface area contributed by atoms with Crippen LogP contribution in [0.3, 0.4) is 0 Å². The summed E-state index contributed by atoms with van der Waals surface area (Å²) in [4.78, 5) is 26.3. The van der Waals surface area contributed by atoms with Crippen LogP contribution in [0.4, 0.5) is 5.82 Å². The lowest BCUT2D eigenvalue weighted by atomic mass is 10.1. The molecule has 108 valence electrons. The predicted molar refractivity (Wildman–Crippen MR) is 75.2 cm³/mol. The fourth-order valence-electron chi connectivity index (χ4n) is 1.43. The number of aromatic nitrogens is 1. The molecule has 1 rings (SSSR count). The smallest absolute Gasteiger partial charge is 0.328 e. The van der Waals surface area contributed by atoms with E-state index in [-0.39, 0.29) is 12.3 Å². The Labute approximate surface area is 117 Å². The van der Waals surface area contributed by atoms with Gasteiger partial charge in [0.25, 0.3) is 0 Å². The van der Waals surface area contributed by atoms with Crippen molar-refractivity contribution in [3.8, 4) is 0 Å². The number of nitrogens with one attached hydrogen (secondary N) is 1. The number of amides is 1. The van der Waals surface area contributed by atoms with Crippen molar-refractivity contribution >= 4 is 23.8 Å². The van der Waals surface area contributed by atoms with E-state index in [2.05, 4.69) is 10.3 Å². The Balaban J connectivity index is 2.71. The van der Waals surface area contributed by atoms with Crippen LogP contribution in [0.2, 0.25) is 0 Å². The third-order valence-corrected chi connectivity index (χ3v) is 2.61. The van der Waals surface area contributed by atoms with Gasteiger partial charge in [-0.2, -0.15) is 0 Å². The maximum absolute atomic E-state index is 11.8. The summed E-state index contributed by atoms with van der Waals surface area (Å²) in [5.41, 5.74) is 0.0916. The van der Waals surface area contributed by atoms with Crippen LogP contribution in [0.5, 0.6) is 0 Å². The molecule has 0 spiro atoms. The number of carbonyl (C=O) groups is 2. The van der Waals surface area contributed by atoms with Gasteiger partial charge in [0.1, 0.15) is 5.82 Å². The molecule has 0 aliphatic carbocycles. The lowest BCUT2D eigenvalue weighted by molar-refractivity contribution is -0.131. The summed E-state index contributed by atoms with van der Waals surface area (Å²) in [6.45, 7) is 3.62. The van der Waals surface area contributed by atoms with Gasteiger partial charge in [-0.1, -0.05) is 0 Å². The Morgan fingerprint density at radius 1 is 1.50 bits per heavy atom. The second kappa shape index (κ2) is 6.81. The second-order valence-corrected chi connectivity index (χ2v) is 4.83. The second-order valence-electron chi connectivity index (χ2n) is 4.83. The molecule has 0 bridgehead atoms. The highest BCUT2D eigenvalue weighted by atomic mass is 16.5. The third kappa shape index (κ3) is 5.62. The van der Waals surface area contributed by atoms with Crippen molar-refractivity contribution in [3.63, 3.8) is 0 Å². The summed E-state index contributed by atoms with van der Waals surface area (Å²) in [7, 11) is 1.54. The highest BCUT2D eigenvalue weighted by Gasteiger charge is 2.21. The van der Waals surface area contributed by atoms with E-state index in [1.165, 1.54) is 12.3 Å². The van der Waals surface area contributed by atoms with E-state index in [1.54, 1.807) is 19.2 Å². The minimum absolute atomic E-state index is 0.195. The lowest BCUT2D eigenvalue weighted by Crippen LogP contribution is -2.29. The molecular weight excluding hydrogens is 260 g/mol. The van der Waals surface area contributed by atoms with Crippen molar-refractivity contribution in [1.29, 1.82) is 0 Å². The Morgan fingerprint density at radius 3 is 2.80 bits per heavy atom. The van der Waals surface area contributed by atoms with Gasteiger partial charge in [-0.3, -0.25) is 4.79 Å². The molecule has 0 atom stereocenters. The topological polar surface area (TPSA) is 88.5 Å². The van der Waals surface area contributed by atoms with Crippen LogP contribution in [0.1, 0.15) is 25.8 Å². The molecule has 1 heterocycles. The summed E-state index contributed by atoms with van der Waals surface area (Å²) in [6, 6.07) is 3.24. The van der Waals surface area contributed by atoms with Gasteiger partial charge in [-0.15, -0.1) is 0 Å². The Morgan fingerprint density at radius 2 is 2.20 bits per heavy atom. The molecular formula is C14H18N2O4. The first-order valence-corrected chi connectivity index (χ1v) is 6.04. The molecule has 20 heavy (non-hydrogen) atoms. The van der Waals surface area contributed by atoms with Gasteiger partial charge in [0.05, 0.1) is 12.0 Å². The Hall–Kier alpha value is -2.21. The van der Waals surface area contributed by atoms with E-state index in [1.807, 2.05) is 13.8 Å². The van der Waals surface area contributed by atoms with E-state index in [0.29, 0.717) is 11.4 Å². The number of carbonyl (C=O) groups excluding carboxylic acids is 1. The summed E-state index contributed by atoms with van der Waals surface area (Å²) < 4.78 is 5.18. The molecule has 0 saturated carbocycles. The van der Waals surface area contributed by atoms with Gasteiger partial charge in [0, 0.05) is 19.4 Å². The number of nitrogens with zero attached hydrogens (tertiary/aromatic N) is 1. The van der Waals surface area contributed by atoms with Crippen molar-refractivity contribution < 1.29 is 19.4 Å². The predicted octanol–water partition coefficient (Wildman–Crippen LogP) is 1.93. The van der Waals surface area contributed by atoms with Gasteiger partial charge in [-0.05, 0) is 37.6 Å². The number of anilines is 1. The van der Waals surface area contributed by atoms with Crippen LogP contribution in [-0.2, 0) is 14.3 Å².